The molecule has 13 heavy (non-hydrogen) atoms. The first kappa shape index (κ1) is 8.97. The third-order valence-corrected chi connectivity index (χ3v) is 3.03. The first-order valence-electron chi connectivity index (χ1n) is 5.16. The Bertz CT molecular complexity index is 207. The van der Waals surface area contributed by atoms with Crippen molar-refractivity contribution in [3.63, 3.8) is 0 Å². The van der Waals surface area contributed by atoms with Crippen LogP contribution in [0, 0.1) is 5.92 Å². The van der Waals surface area contributed by atoms with Crippen LogP contribution in [0.4, 0.5) is 4.39 Å². The van der Waals surface area contributed by atoms with Crippen molar-refractivity contribution in [3.8, 4) is 0 Å². The fraction of sp³-hybridized carbons (Fsp3) is 0.900. The molecule has 3 heteroatoms. The van der Waals surface area contributed by atoms with Gasteiger partial charge < -0.3 is 5.32 Å². The molecule has 74 valence electrons. The van der Waals surface area contributed by atoms with Gasteiger partial charge in [0.15, 0.2) is 0 Å². The van der Waals surface area contributed by atoms with E-state index in [1.165, 1.54) is 0 Å². The Morgan fingerprint density at radius 1 is 1.38 bits per heavy atom. The molecule has 0 atom stereocenters. The van der Waals surface area contributed by atoms with E-state index in [2.05, 4.69) is 5.32 Å². The minimum Gasteiger partial charge on any atom is -0.353 e. The van der Waals surface area contributed by atoms with Crippen LogP contribution in [0.15, 0.2) is 0 Å². The van der Waals surface area contributed by atoms with Gasteiger partial charge in [0.05, 0.1) is 6.54 Å². The van der Waals surface area contributed by atoms with Gasteiger partial charge in [-0.05, 0) is 25.7 Å². The van der Waals surface area contributed by atoms with Crippen molar-refractivity contribution in [3.05, 3.63) is 0 Å². The van der Waals surface area contributed by atoms with Crippen LogP contribution in [0.2, 0.25) is 0 Å². The number of amides is 1. The standard InChI is InChI=1S/C10H16FNO/c11-10(5-1-2-6-10)7-12-9(13)8-3-4-8/h8H,1-7H2,(H,12,13). The zero-order chi connectivity index (χ0) is 9.31. The first-order valence-corrected chi connectivity index (χ1v) is 5.16. The van der Waals surface area contributed by atoms with Gasteiger partial charge in [-0.1, -0.05) is 12.8 Å². The lowest BCUT2D eigenvalue weighted by atomic mass is 10.1. The summed E-state index contributed by atoms with van der Waals surface area (Å²) in [5.74, 6) is 0.258. The molecule has 0 aromatic carbocycles. The summed E-state index contributed by atoms with van der Waals surface area (Å²) in [5, 5.41) is 2.71. The maximum atomic E-state index is 13.7. The minimum absolute atomic E-state index is 0.0592. The molecule has 0 spiro atoms. The van der Waals surface area contributed by atoms with Crippen LogP contribution in [0.25, 0.3) is 0 Å². The number of halogens is 1. The molecule has 0 aliphatic heterocycles. The first-order chi connectivity index (χ1) is 6.20. The fourth-order valence-corrected chi connectivity index (χ4v) is 1.92. The molecular weight excluding hydrogens is 169 g/mol. The van der Waals surface area contributed by atoms with Crippen molar-refractivity contribution in [2.24, 2.45) is 5.92 Å². The van der Waals surface area contributed by atoms with Crippen molar-refractivity contribution in [2.45, 2.75) is 44.2 Å². The van der Waals surface area contributed by atoms with Crippen LogP contribution in [0.3, 0.4) is 0 Å². The number of alkyl halides is 1. The monoisotopic (exact) mass is 185 g/mol. The SMILES string of the molecule is O=C(NCC1(F)CCCC1)C1CC1. The normalized spacial score (nSPS) is 25.9. The molecule has 0 unspecified atom stereocenters. The van der Waals surface area contributed by atoms with Gasteiger partial charge in [-0.25, -0.2) is 4.39 Å². The molecule has 2 fully saturated rings. The maximum absolute atomic E-state index is 13.7. The second-order valence-electron chi connectivity index (χ2n) is 4.35. The summed E-state index contributed by atoms with van der Waals surface area (Å²) < 4.78 is 13.7. The van der Waals surface area contributed by atoms with E-state index >= 15 is 0 Å². The Morgan fingerprint density at radius 2 is 2.00 bits per heavy atom. The Kier molecular flexibility index (Phi) is 2.26. The topological polar surface area (TPSA) is 29.1 Å². The molecular formula is C10H16FNO. The molecule has 0 heterocycles. The highest BCUT2D eigenvalue weighted by molar-refractivity contribution is 5.80. The quantitative estimate of drug-likeness (QED) is 0.713. The smallest absolute Gasteiger partial charge is 0.223 e. The summed E-state index contributed by atoms with van der Waals surface area (Å²) in [6.07, 6.45) is 5.16. The molecule has 2 aliphatic carbocycles. The van der Waals surface area contributed by atoms with Crippen molar-refractivity contribution in [2.75, 3.05) is 6.54 Å². The van der Waals surface area contributed by atoms with E-state index in [0.717, 1.165) is 25.7 Å². The van der Waals surface area contributed by atoms with Crippen molar-refractivity contribution >= 4 is 5.91 Å². The van der Waals surface area contributed by atoms with E-state index < -0.39 is 5.67 Å². The van der Waals surface area contributed by atoms with Crippen molar-refractivity contribution < 1.29 is 9.18 Å². The number of rotatable bonds is 3. The lowest BCUT2D eigenvalue weighted by Gasteiger charge is -2.19. The van der Waals surface area contributed by atoms with Crippen LogP contribution >= 0.6 is 0 Å². The number of hydrogen-bond donors (Lipinski definition) is 1. The largest absolute Gasteiger partial charge is 0.353 e. The Balaban J connectivity index is 1.74. The van der Waals surface area contributed by atoms with Crippen molar-refractivity contribution in [1.29, 1.82) is 0 Å². The highest BCUT2D eigenvalue weighted by atomic mass is 19.1. The summed E-state index contributed by atoms with van der Waals surface area (Å²) in [6, 6.07) is 0. The molecule has 0 aromatic rings. The van der Waals surface area contributed by atoms with Crippen LogP contribution in [0.5, 0.6) is 0 Å². The molecule has 0 aromatic heterocycles. The average Bonchev–Trinajstić information content (AvgIpc) is 2.87. The molecule has 2 nitrogen and oxygen atoms in total. The predicted octanol–water partition coefficient (Wildman–Crippen LogP) is 1.79. The summed E-state index contributed by atoms with van der Waals surface area (Å²) in [4.78, 5) is 11.2. The fourth-order valence-electron chi connectivity index (χ4n) is 1.92. The maximum Gasteiger partial charge on any atom is 0.223 e. The lowest BCUT2D eigenvalue weighted by Crippen LogP contribution is -2.38. The number of carbonyl (C=O) groups excluding carboxylic acids is 1. The van der Waals surface area contributed by atoms with Crippen LogP contribution in [-0.4, -0.2) is 18.1 Å². The lowest BCUT2D eigenvalue weighted by molar-refractivity contribution is -0.122. The Morgan fingerprint density at radius 3 is 2.54 bits per heavy atom. The van der Waals surface area contributed by atoms with Gasteiger partial charge in [0.25, 0.3) is 0 Å². The van der Waals surface area contributed by atoms with Gasteiger partial charge >= 0.3 is 0 Å². The zero-order valence-corrected chi connectivity index (χ0v) is 7.81. The molecule has 1 amide bonds. The molecule has 0 radical (unpaired) electrons. The van der Waals surface area contributed by atoms with E-state index in [1.807, 2.05) is 0 Å². The molecule has 1 N–H and O–H groups in total. The van der Waals surface area contributed by atoms with Gasteiger partial charge in [0.1, 0.15) is 5.67 Å². The Hall–Kier alpha value is -0.600. The van der Waals surface area contributed by atoms with E-state index in [9.17, 15) is 9.18 Å². The third kappa shape index (κ3) is 2.20. The number of nitrogens with one attached hydrogen (secondary N) is 1. The van der Waals surface area contributed by atoms with E-state index in [-0.39, 0.29) is 18.4 Å². The molecule has 2 rings (SSSR count). The summed E-state index contributed by atoms with van der Waals surface area (Å²) in [5.41, 5.74) is -1.09. The predicted molar refractivity (Wildman–Crippen MR) is 48.0 cm³/mol. The second kappa shape index (κ2) is 3.28. The van der Waals surface area contributed by atoms with E-state index in [4.69, 9.17) is 0 Å². The summed E-state index contributed by atoms with van der Waals surface area (Å²) >= 11 is 0. The van der Waals surface area contributed by atoms with E-state index in [1.54, 1.807) is 0 Å². The van der Waals surface area contributed by atoms with Crippen LogP contribution in [-0.2, 0) is 4.79 Å². The summed E-state index contributed by atoms with van der Waals surface area (Å²) in [7, 11) is 0. The zero-order valence-electron chi connectivity index (χ0n) is 7.81. The minimum atomic E-state index is -1.09. The van der Waals surface area contributed by atoms with Gasteiger partial charge in [-0.15, -0.1) is 0 Å². The number of hydrogen-bond acceptors (Lipinski definition) is 1. The van der Waals surface area contributed by atoms with Gasteiger partial charge in [0, 0.05) is 5.92 Å². The van der Waals surface area contributed by atoms with Gasteiger partial charge in [-0.3, -0.25) is 4.79 Å². The summed E-state index contributed by atoms with van der Waals surface area (Å²) in [6.45, 7) is 0.238. The van der Waals surface area contributed by atoms with Gasteiger partial charge in [-0.2, -0.15) is 0 Å². The van der Waals surface area contributed by atoms with Crippen LogP contribution in [0.1, 0.15) is 38.5 Å². The van der Waals surface area contributed by atoms with Crippen molar-refractivity contribution in [1.82, 2.24) is 5.32 Å². The second-order valence-corrected chi connectivity index (χ2v) is 4.35. The highest BCUT2D eigenvalue weighted by Gasteiger charge is 2.36. The number of carbonyl (C=O) groups is 1. The van der Waals surface area contributed by atoms with Gasteiger partial charge in [0.2, 0.25) is 5.91 Å². The molecule has 2 aliphatic rings. The molecule has 0 saturated heterocycles. The van der Waals surface area contributed by atoms with E-state index in [0.29, 0.717) is 12.8 Å². The van der Waals surface area contributed by atoms with Crippen LogP contribution < -0.4 is 5.32 Å². The molecule has 0 bridgehead atoms. The Labute approximate surface area is 77.9 Å². The molecule has 2 saturated carbocycles. The third-order valence-electron chi connectivity index (χ3n) is 3.03. The highest BCUT2D eigenvalue weighted by Crippen LogP contribution is 2.33. The average molecular weight is 185 g/mol.